The van der Waals surface area contributed by atoms with E-state index < -0.39 is 0 Å². The second-order valence-corrected chi connectivity index (χ2v) is 4.73. The molecule has 104 valence electrons. The summed E-state index contributed by atoms with van der Waals surface area (Å²) in [5, 5.41) is 2.98. The lowest BCUT2D eigenvalue weighted by Crippen LogP contribution is -2.15. The lowest BCUT2D eigenvalue weighted by atomic mass is 10.2. The summed E-state index contributed by atoms with van der Waals surface area (Å²) in [6.45, 7) is 3.84. The summed E-state index contributed by atoms with van der Waals surface area (Å²) in [6.07, 6.45) is 2.67. The molecule has 1 amide bonds. The van der Waals surface area contributed by atoms with E-state index in [2.05, 4.69) is 15.3 Å². The van der Waals surface area contributed by atoms with Gasteiger partial charge in [-0.05, 0) is 26.0 Å². The Morgan fingerprint density at radius 1 is 1.25 bits per heavy atom. The van der Waals surface area contributed by atoms with E-state index in [1.807, 2.05) is 26.0 Å². The van der Waals surface area contributed by atoms with Crippen molar-refractivity contribution in [3.8, 4) is 5.75 Å². The smallest absolute Gasteiger partial charge is 0.275 e. The van der Waals surface area contributed by atoms with Crippen molar-refractivity contribution < 1.29 is 9.53 Å². The average molecular weight is 292 g/mol. The van der Waals surface area contributed by atoms with Gasteiger partial charge in [-0.25, -0.2) is 9.97 Å². The fourth-order valence-corrected chi connectivity index (χ4v) is 1.64. The van der Waals surface area contributed by atoms with Crippen molar-refractivity contribution in [2.75, 3.05) is 5.32 Å². The Kier molecular flexibility index (Phi) is 4.53. The Labute approximate surface area is 122 Å². The zero-order chi connectivity index (χ0) is 14.5. The van der Waals surface area contributed by atoms with Gasteiger partial charge < -0.3 is 10.1 Å². The highest BCUT2D eigenvalue weighted by Gasteiger charge is 2.12. The van der Waals surface area contributed by atoms with Gasteiger partial charge >= 0.3 is 0 Å². The molecule has 0 spiro atoms. The number of benzene rings is 1. The fraction of sp³-hybridized carbons (Fsp3) is 0.214. The van der Waals surface area contributed by atoms with Crippen LogP contribution in [0.5, 0.6) is 5.75 Å². The molecule has 0 unspecified atom stereocenters. The quantitative estimate of drug-likeness (QED) is 0.940. The summed E-state index contributed by atoms with van der Waals surface area (Å²) in [4.78, 5) is 19.8. The van der Waals surface area contributed by atoms with Crippen molar-refractivity contribution >= 4 is 23.2 Å². The molecule has 0 aliphatic rings. The van der Waals surface area contributed by atoms with Crippen LogP contribution in [0.4, 0.5) is 5.69 Å². The molecule has 1 heterocycles. The number of halogens is 1. The molecule has 0 bridgehead atoms. The third-order valence-electron chi connectivity index (χ3n) is 2.35. The van der Waals surface area contributed by atoms with Crippen LogP contribution < -0.4 is 10.1 Å². The van der Waals surface area contributed by atoms with E-state index in [0.29, 0.717) is 11.4 Å². The molecule has 0 fully saturated rings. The number of hydrogen-bond acceptors (Lipinski definition) is 4. The Bertz CT molecular complexity index is 600. The van der Waals surface area contributed by atoms with Gasteiger partial charge in [-0.15, -0.1) is 0 Å². The molecule has 1 aromatic carbocycles. The van der Waals surface area contributed by atoms with Gasteiger partial charge in [0.1, 0.15) is 16.6 Å². The van der Waals surface area contributed by atoms with Crippen LogP contribution in [0.1, 0.15) is 24.3 Å². The van der Waals surface area contributed by atoms with Crippen LogP contribution in [-0.2, 0) is 0 Å². The second-order valence-electron chi connectivity index (χ2n) is 4.34. The van der Waals surface area contributed by atoms with Crippen molar-refractivity contribution in [2.24, 2.45) is 0 Å². The normalized spacial score (nSPS) is 10.4. The molecule has 20 heavy (non-hydrogen) atoms. The number of rotatable bonds is 4. The van der Waals surface area contributed by atoms with Gasteiger partial charge in [0.15, 0.2) is 0 Å². The van der Waals surface area contributed by atoms with Crippen LogP contribution in [0.25, 0.3) is 0 Å². The third kappa shape index (κ3) is 3.68. The number of carbonyl (C=O) groups is 1. The highest BCUT2D eigenvalue weighted by Crippen LogP contribution is 2.25. The number of para-hydroxylation sites is 2. The van der Waals surface area contributed by atoms with Gasteiger partial charge in [0.05, 0.1) is 24.2 Å². The number of ether oxygens (including phenoxy) is 1. The van der Waals surface area contributed by atoms with E-state index >= 15 is 0 Å². The maximum absolute atomic E-state index is 12.1. The van der Waals surface area contributed by atoms with Crippen LogP contribution in [0.3, 0.4) is 0 Å². The average Bonchev–Trinajstić information content (AvgIpc) is 2.41. The zero-order valence-electron chi connectivity index (χ0n) is 11.1. The number of hydrogen-bond donors (Lipinski definition) is 1. The van der Waals surface area contributed by atoms with Crippen molar-refractivity contribution in [1.82, 2.24) is 9.97 Å². The number of aromatic nitrogens is 2. The molecule has 0 aliphatic carbocycles. The number of anilines is 1. The molecule has 1 N–H and O–H groups in total. The summed E-state index contributed by atoms with van der Waals surface area (Å²) in [6, 6.07) is 7.22. The van der Waals surface area contributed by atoms with Crippen LogP contribution in [-0.4, -0.2) is 22.0 Å². The highest BCUT2D eigenvalue weighted by atomic mass is 35.5. The van der Waals surface area contributed by atoms with Crippen LogP contribution in [0.15, 0.2) is 36.7 Å². The first-order valence-electron chi connectivity index (χ1n) is 6.11. The minimum atomic E-state index is -0.367. The molecule has 0 saturated heterocycles. The van der Waals surface area contributed by atoms with Gasteiger partial charge in [-0.3, -0.25) is 4.79 Å². The predicted molar refractivity (Wildman–Crippen MR) is 77.2 cm³/mol. The summed E-state index contributed by atoms with van der Waals surface area (Å²) < 4.78 is 5.63. The first-order valence-corrected chi connectivity index (χ1v) is 6.48. The lowest BCUT2D eigenvalue weighted by Gasteiger charge is -2.14. The molecule has 0 saturated carbocycles. The van der Waals surface area contributed by atoms with Crippen molar-refractivity contribution in [2.45, 2.75) is 20.0 Å². The standard InChI is InChI=1S/C14H14ClN3O2/c1-9(2)20-12-6-4-3-5-10(12)18-14(19)11-7-17-13(15)8-16-11/h3-9H,1-2H3,(H,18,19). The molecule has 2 aromatic rings. The Morgan fingerprint density at radius 2 is 2.00 bits per heavy atom. The van der Waals surface area contributed by atoms with Crippen LogP contribution >= 0.6 is 11.6 Å². The van der Waals surface area contributed by atoms with E-state index in [-0.39, 0.29) is 22.9 Å². The predicted octanol–water partition coefficient (Wildman–Crippen LogP) is 3.17. The molecule has 5 nitrogen and oxygen atoms in total. The van der Waals surface area contributed by atoms with Gasteiger partial charge in [0.2, 0.25) is 0 Å². The topological polar surface area (TPSA) is 64.1 Å². The second kappa shape index (κ2) is 6.34. The van der Waals surface area contributed by atoms with Gasteiger partial charge in [0, 0.05) is 0 Å². The Hall–Kier alpha value is -2.14. The van der Waals surface area contributed by atoms with Crippen molar-refractivity contribution in [3.05, 3.63) is 47.5 Å². The summed E-state index contributed by atoms with van der Waals surface area (Å²) in [7, 11) is 0. The molecule has 0 radical (unpaired) electrons. The molecule has 2 rings (SSSR count). The van der Waals surface area contributed by atoms with E-state index in [1.54, 1.807) is 12.1 Å². The van der Waals surface area contributed by atoms with Gasteiger partial charge in [-0.1, -0.05) is 23.7 Å². The van der Waals surface area contributed by atoms with Gasteiger partial charge in [0.25, 0.3) is 5.91 Å². The molecule has 1 aromatic heterocycles. The summed E-state index contributed by atoms with van der Waals surface area (Å²) in [5.41, 5.74) is 0.775. The fourth-order valence-electron chi connectivity index (χ4n) is 1.54. The number of carbonyl (C=O) groups excluding carboxylic acids is 1. The molecular weight excluding hydrogens is 278 g/mol. The maximum Gasteiger partial charge on any atom is 0.275 e. The van der Waals surface area contributed by atoms with E-state index in [1.165, 1.54) is 12.4 Å². The molecule has 0 atom stereocenters. The van der Waals surface area contributed by atoms with Gasteiger partial charge in [-0.2, -0.15) is 0 Å². The summed E-state index contributed by atoms with van der Waals surface area (Å²) >= 11 is 5.63. The maximum atomic E-state index is 12.1. The zero-order valence-corrected chi connectivity index (χ0v) is 11.9. The molecule has 6 heteroatoms. The first kappa shape index (κ1) is 14.3. The van der Waals surface area contributed by atoms with Crippen LogP contribution in [0.2, 0.25) is 5.15 Å². The van der Waals surface area contributed by atoms with Crippen molar-refractivity contribution in [1.29, 1.82) is 0 Å². The van der Waals surface area contributed by atoms with E-state index in [4.69, 9.17) is 16.3 Å². The number of amides is 1. The van der Waals surface area contributed by atoms with Crippen molar-refractivity contribution in [3.63, 3.8) is 0 Å². The monoisotopic (exact) mass is 291 g/mol. The lowest BCUT2D eigenvalue weighted by molar-refractivity contribution is 0.102. The number of nitrogens with one attached hydrogen (secondary N) is 1. The molecular formula is C14H14ClN3O2. The first-order chi connectivity index (χ1) is 9.56. The minimum absolute atomic E-state index is 0.0170. The SMILES string of the molecule is CC(C)Oc1ccccc1NC(=O)c1cnc(Cl)cn1. The highest BCUT2D eigenvalue weighted by molar-refractivity contribution is 6.29. The largest absolute Gasteiger partial charge is 0.489 e. The summed E-state index contributed by atoms with van der Waals surface area (Å²) in [5.74, 6) is 0.242. The minimum Gasteiger partial charge on any atom is -0.489 e. The third-order valence-corrected chi connectivity index (χ3v) is 2.55. The Morgan fingerprint density at radius 3 is 2.65 bits per heavy atom. The van der Waals surface area contributed by atoms with Crippen LogP contribution in [0, 0.1) is 0 Å². The Balaban J connectivity index is 2.17. The van der Waals surface area contributed by atoms with E-state index in [0.717, 1.165) is 0 Å². The molecule has 0 aliphatic heterocycles. The number of nitrogens with zero attached hydrogens (tertiary/aromatic N) is 2. The van der Waals surface area contributed by atoms with E-state index in [9.17, 15) is 4.79 Å².